The van der Waals surface area contributed by atoms with E-state index in [-0.39, 0.29) is 0 Å². The van der Waals surface area contributed by atoms with E-state index in [9.17, 15) is 0 Å². The number of thiophene rings is 1. The van der Waals surface area contributed by atoms with Crippen LogP contribution < -0.4 is 0 Å². The predicted octanol–water partition coefficient (Wildman–Crippen LogP) is 4.62. The lowest BCUT2D eigenvalue weighted by atomic mass is 10.1. The first kappa shape index (κ1) is 10.7. The van der Waals surface area contributed by atoms with Crippen molar-refractivity contribution in [1.82, 2.24) is 0 Å². The summed E-state index contributed by atoms with van der Waals surface area (Å²) in [6.45, 7) is 2.25. The van der Waals surface area contributed by atoms with Gasteiger partial charge in [0.05, 0.1) is 0 Å². The molecule has 0 atom stereocenters. The molecule has 0 fully saturated rings. The summed E-state index contributed by atoms with van der Waals surface area (Å²) < 4.78 is 1.32. The molecule has 15 heavy (non-hydrogen) atoms. The van der Waals surface area contributed by atoms with Crippen molar-refractivity contribution in [2.45, 2.75) is 39.0 Å². The van der Waals surface area contributed by atoms with Crippen LogP contribution in [-0.4, -0.2) is 0 Å². The molecule has 0 aliphatic heterocycles. The van der Waals surface area contributed by atoms with E-state index in [2.05, 4.69) is 30.5 Å². The summed E-state index contributed by atoms with van der Waals surface area (Å²) in [5.41, 5.74) is 1.40. The fraction of sp³-hybridized carbons (Fsp3) is 0.429. The van der Waals surface area contributed by atoms with Crippen molar-refractivity contribution in [3.8, 4) is 0 Å². The van der Waals surface area contributed by atoms with E-state index in [0.717, 1.165) is 0 Å². The standard InChI is InChI=1S/C14H16S/c1-2-3-4-5-8-12-11-15-14-10-7-6-9-13(12)14/h6,9-10H,2-5,8H2,1H3. The van der Waals surface area contributed by atoms with Crippen molar-refractivity contribution in [2.24, 2.45) is 0 Å². The number of hydrogen-bond donors (Lipinski definition) is 0. The average molecular weight is 216 g/mol. The second-order valence-electron chi connectivity index (χ2n) is 3.92. The molecule has 1 heteroatoms. The van der Waals surface area contributed by atoms with Crippen molar-refractivity contribution in [3.63, 3.8) is 0 Å². The Hall–Kier alpha value is -0.820. The van der Waals surface area contributed by atoms with Gasteiger partial charge in [-0.15, -0.1) is 11.3 Å². The highest BCUT2D eigenvalue weighted by Gasteiger charge is 2.02. The lowest BCUT2D eigenvalue weighted by Crippen LogP contribution is -1.83. The largest absolute Gasteiger partial charge is 0.134 e. The van der Waals surface area contributed by atoms with Crippen molar-refractivity contribution < 1.29 is 0 Å². The molecule has 0 amide bonds. The van der Waals surface area contributed by atoms with Crippen LogP contribution in [0.1, 0.15) is 38.2 Å². The Kier molecular flexibility index (Phi) is 3.79. The molecule has 2 aromatic rings. The molecule has 1 heterocycles. The van der Waals surface area contributed by atoms with E-state index >= 15 is 0 Å². The minimum atomic E-state index is 1.18. The summed E-state index contributed by atoms with van der Waals surface area (Å²) in [4.78, 5) is 0. The van der Waals surface area contributed by atoms with Crippen molar-refractivity contribution in [2.75, 3.05) is 0 Å². The molecule has 0 nitrogen and oxygen atoms in total. The maximum absolute atomic E-state index is 3.41. The highest BCUT2D eigenvalue weighted by molar-refractivity contribution is 7.16. The van der Waals surface area contributed by atoms with Gasteiger partial charge in [-0.3, -0.25) is 0 Å². The van der Waals surface area contributed by atoms with Crippen LogP contribution in [0.5, 0.6) is 0 Å². The summed E-state index contributed by atoms with van der Waals surface area (Å²) in [7, 11) is 0. The molecule has 2 rings (SSSR count). The summed E-state index contributed by atoms with van der Waals surface area (Å²) in [5.74, 6) is 0. The SMILES string of the molecule is CCCCCCc1[c]sc2c[c]ccc12. The van der Waals surface area contributed by atoms with E-state index in [1.165, 1.54) is 47.8 Å². The van der Waals surface area contributed by atoms with Crippen LogP contribution in [0.2, 0.25) is 0 Å². The monoisotopic (exact) mass is 216 g/mol. The fourth-order valence-electron chi connectivity index (χ4n) is 1.83. The molecule has 0 unspecified atom stereocenters. The van der Waals surface area contributed by atoms with E-state index in [1.54, 1.807) is 11.3 Å². The Balaban J connectivity index is 2.02. The van der Waals surface area contributed by atoms with Crippen LogP contribution in [0.15, 0.2) is 18.2 Å². The molecule has 1 aromatic heterocycles. The van der Waals surface area contributed by atoms with Gasteiger partial charge in [-0.25, -0.2) is 0 Å². The maximum Gasteiger partial charge on any atom is 0.0490 e. The molecule has 1 aromatic carbocycles. The van der Waals surface area contributed by atoms with Gasteiger partial charge in [-0.1, -0.05) is 38.3 Å². The summed E-state index contributed by atoms with van der Waals surface area (Å²) in [6.07, 6.45) is 6.50. The number of unbranched alkanes of at least 4 members (excludes halogenated alkanes) is 3. The molecule has 2 radical (unpaired) electrons. The zero-order valence-corrected chi connectivity index (χ0v) is 9.99. The third-order valence-corrected chi connectivity index (χ3v) is 3.62. The number of benzene rings is 1. The molecule has 0 saturated heterocycles. The molecule has 0 N–H and O–H groups in total. The molecular formula is C14H16S. The topological polar surface area (TPSA) is 0 Å². The third kappa shape index (κ3) is 2.60. The third-order valence-electron chi connectivity index (χ3n) is 2.72. The van der Waals surface area contributed by atoms with Gasteiger partial charge in [0.1, 0.15) is 0 Å². The second kappa shape index (κ2) is 5.32. The van der Waals surface area contributed by atoms with Gasteiger partial charge >= 0.3 is 0 Å². The van der Waals surface area contributed by atoms with Gasteiger partial charge in [-0.2, -0.15) is 0 Å². The number of aryl methyl sites for hydroxylation is 1. The van der Waals surface area contributed by atoms with Crippen molar-refractivity contribution in [1.29, 1.82) is 0 Å². The lowest BCUT2D eigenvalue weighted by molar-refractivity contribution is 0.668. The number of rotatable bonds is 5. The Morgan fingerprint density at radius 3 is 3.07 bits per heavy atom. The normalized spacial score (nSPS) is 11.0. The van der Waals surface area contributed by atoms with Gasteiger partial charge in [0.25, 0.3) is 0 Å². The van der Waals surface area contributed by atoms with Crippen LogP contribution in [0.25, 0.3) is 10.1 Å². The quantitative estimate of drug-likeness (QED) is 0.639. The summed E-state index contributed by atoms with van der Waals surface area (Å²) >= 11 is 1.72. The van der Waals surface area contributed by atoms with Crippen molar-refractivity contribution >= 4 is 21.4 Å². The molecule has 78 valence electrons. The first-order valence-corrected chi connectivity index (χ1v) is 6.52. The molecule has 0 spiro atoms. The van der Waals surface area contributed by atoms with Crippen LogP contribution >= 0.6 is 11.3 Å². The zero-order valence-electron chi connectivity index (χ0n) is 9.18. The first-order valence-electron chi connectivity index (χ1n) is 5.71. The minimum absolute atomic E-state index is 1.18. The van der Waals surface area contributed by atoms with E-state index in [1.807, 2.05) is 6.07 Å². The summed E-state index contributed by atoms with van der Waals surface area (Å²) in [5, 5.41) is 4.80. The van der Waals surface area contributed by atoms with Gasteiger partial charge in [0.15, 0.2) is 0 Å². The molecule has 0 aliphatic rings. The van der Waals surface area contributed by atoms with Gasteiger partial charge in [0, 0.05) is 10.1 Å². The van der Waals surface area contributed by atoms with Crippen molar-refractivity contribution in [3.05, 3.63) is 35.2 Å². The second-order valence-corrected chi connectivity index (χ2v) is 4.76. The average Bonchev–Trinajstić information content (AvgIpc) is 2.68. The van der Waals surface area contributed by atoms with Crippen LogP contribution in [-0.2, 0) is 6.42 Å². The van der Waals surface area contributed by atoms with Gasteiger partial charge in [0.2, 0.25) is 0 Å². The number of fused-ring (bicyclic) bond motifs is 1. The first-order chi connectivity index (χ1) is 7.42. The number of hydrogen-bond acceptors (Lipinski definition) is 1. The predicted molar refractivity (Wildman–Crippen MR) is 67.3 cm³/mol. The van der Waals surface area contributed by atoms with Crippen LogP contribution in [0.4, 0.5) is 0 Å². The Labute approximate surface area is 95.9 Å². The van der Waals surface area contributed by atoms with Crippen LogP contribution in [0.3, 0.4) is 0 Å². The molecular weight excluding hydrogens is 200 g/mol. The van der Waals surface area contributed by atoms with Crippen LogP contribution in [0, 0.1) is 11.4 Å². The molecule has 0 saturated carbocycles. The zero-order chi connectivity index (χ0) is 10.5. The highest BCUT2D eigenvalue weighted by atomic mass is 32.1. The van der Waals surface area contributed by atoms with Gasteiger partial charge < -0.3 is 0 Å². The highest BCUT2D eigenvalue weighted by Crippen LogP contribution is 2.26. The van der Waals surface area contributed by atoms with Gasteiger partial charge in [-0.05, 0) is 35.9 Å². The molecule has 0 bridgehead atoms. The molecule has 0 aliphatic carbocycles. The van der Waals surface area contributed by atoms with E-state index in [4.69, 9.17) is 0 Å². The Morgan fingerprint density at radius 1 is 1.27 bits per heavy atom. The fourth-order valence-corrected chi connectivity index (χ4v) is 2.71. The maximum atomic E-state index is 3.41. The summed E-state index contributed by atoms with van der Waals surface area (Å²) in [6, 6.07) is 9.34. The van der Waals surface area contributed by atoms with E-state index in [0.29, 0.717) is 0 Å². The Morgan fingerprint density at radius 2 is 2.20 bits per heavy atom. The smallest absolute Gasteiger partial charge is 0.0490 e. The minimum Gasteiger partial charge on any atom is -0.134 e. The lowest BCUT2D eigenvalue weighted by Gasteiger charge is -1.98. The van der Waals surface area contributed by atoms with E-state index < -0.39 is 0 Å². The Bertz CT molecular complexity index is 414.